The van der Waals surface area contributed by atoms with Crippen LogP contribution in [0.1, 0.15) is 33.6 Å². The van der Waals surface area contributed by atoms with Crippen LogP contribution in [0, 0.1) is 24.1 Å². The zero-order chi connectivity index (χ0) is 16.1. The standard InChI is InChI=1S/C16H11F3N2O/c1-9-8-21(11-2-3-12(17)10(6-11)7-20)13-4-5-16(18,19)15(22)14(9)13/h2-3,6,8H,4-5H2,1H3. The number of fused-ring (bicyclic) bond motifs is 1. The van der Waals surface area contributed by atoms with Gasteiger partial charge in [-0.25, -0.2) is 4.39 Å². The largest absolute Gasteiger partial charge is 0.320 e. The second kappa shape index (κ2) is 4.73. The molecule has 1 heterocycles. The number of rotatable bonds is 1. The summed E-state index contributed by atoms with van der Waals surface area (Å²) in [6, 6.07) is 5.68. The van der Waals surface area contributed by atoms with Crippen LogP contribution in [0.3, 0.4) is 0 Å². The van der Waals surface area contributed by atoms with E-state index in [2.05, 4.69) is 0 Å². The summed E-state index contributed by atoms with van der Waals surface area (Å²) < 4.78 is 42.2. The summed E-state index contributed by atoms with van der Waals surface area (Å²) in [7, 11) is 0. The van der Waals surface area contributed by atoms with E-state index in [1.54, 1.807) is 23.8 Å². The second-order valence-electron chi connectivity index (χ2n) is 5.31. The average Bonchev–Trinajstić information content (AvgIpc) is 2.81. The van der Waals surface area contributed by atoms with E-state index in [0.29, 0.717) is 16.9 Å². The number of alkyl halides is 2. The maximum Gasteiger partial charge on any atom is 0.310 e. The van der Waals surface area contributed by atoms with Crippen molar-refractivity contribution in [3.8, 4) is 11.8 Å². The molecule has 1 aromatic heterocycles. The Kier molecular flexibility index (Phi) is 3.10. The minimum absolute atomic E-state index is 0.0269. The highest BCUT2D eigenvalue weighted by Gasteiger charge is 2.45. The van der Waals surface area contributed by atoms with Gasteiger partial charge in [-0.2, -0.15) is 14.0 Å². The molecule has 6 heteroatoms. The minimum atomic E-state index is -3.34. The summed E-state index contributed by atoms with van der Waals surface area (Å²) in [6.45, 7) is 1.59. The number of carbonyl (C=O) groups is 1. The van der Waals surface area contributed by atoms with Crippen molar-refractivity contribution in [2.45, 2.75) is 25.7 Å². The number of hydrogen-bond donors (Lipinski definition) is 0. The molecule has 0 N–H and O–H groups in total. The van der Waals surface area contributed by atoms with Gasteiger partial charge >= 0.3 is 5.92 Å². The van der Waals surface area contributed by atoms with Gasteiger partial charge in [0.05, 0.1) is 5.56 Å². The van der Waals surface area contributed by atoms with Gasteiger partial charge in [-0.05, 0) is 37.1 Å². The first-order valence-corrected chi connectivity index (χ1v) is 6.68. The number of aryl methyl sites for hydroxylation is 1. The monoisotopic (exact) mass is 304 g/mol. The first-order chi connectivity index (χ1) is 10.3. The summed E-state index contributed by atoms with van der Waals surface area (Å²) in [4.78, 5) is 11.9. The van der Waals surface area contributed by atoms with Crippen LogP contribution >= 0.6 is 0 Å². The number of nitrogens with zero attached hydrogens (tertiary/aromatic N) is 2. The Morgan fingerprint density at radius 2 is 2.09 bits per heavy atom. The zero-order valence-electron chi connectivity index (χ0n) is 11.7. The molecule has 1 aliphatic rings. The Labute approximate surface area is 124 Å². The van der Waals surface area contributed by atoms with Crippen molar-refractivity contribution in [1.29, 1.82) is 5.26 Å². The third-order valence-electron chi connectivity index (χ3n) is 3.88. The van der Waals surface area contributed by atoms with Crippen molar-refractivity contribution in [3.63, 3.8) is 0 Å². The topological polar surface area (TPSA) is 45.8 Å². The van der Waals surface area contributed by atoms with Crippen LogP contribution < -0.4 is 0 Å². The number of aromatic nitrogens is 1. The van der Waals surface area contributed by atoms with Crippen molar-refractivity contribution in [3.05, 3.63) is 52.6 Å². The van der Waals surface area contributed by atoms with E-state index >= 15 is 0 Å². The highest BCUT2D eigenvalue weighted by Crippen LogP contribution is 2.36. The van der Waals surface area contributed by atoms with E-state index in [-0.39, 0.29) is 17.5 Å². The van der Waals surface area contributed by atoms with E-state index in [4.69, 9.17) is 5.26 Å². The number of Topliss-reactive ketones (excluding diaryl/α,β-unsaturated/α-hetero) is 1. The lowest BCUT2D eigenvalue weighted by molar-refractivity contribution is 0.00167. The van der Waals surface area contributed by atoms with Gasteiger partial charge in [-0.15, -0.1) is 0 Å². The number of benzene rings is 1. The fourth-order valence-corrected chi connectivity index (χ4v) is 2.79. The molecule has 2 aromatic rings. The molecule has 0 bridgehead atoms. The predicted octanol–water partition coefficient (Wildman–Crippen LogP) is 3.56. The number of hydrogen-bond acceptors (Lipinski definition) is 2. The Morgan fingerprint density at radius 3 is 2.77 bits per heavy atom. The molecule has 1 aliphatic carbocycles. The van der Waals surface area contributed by atoms with Gasteiger partial charge in [-0.3, -0.25) is 4.79 Å². The fraction of sp³-hybridized carbons (Fsp3) is 0.250. The molecular formula is C16H11F3N2O. The molecule has 3 rings (SSSR count). The highest BCUT2D eigenvalue weighted by atomic mass is 19.3. The summed E-state index contributed by atoms with van der Waals surface area (Å²) in [5.41, 5.74) is 1.29. The van der Waals surface area contributed by atoms with Crippen molar-refractivity contribution >= 4 is 5.78 Å². The molecule has 0 aliphatic heterocycles. The molecular weight excluding hydrogens is 293 g/mol. The molecule has 0 spiro atoms. The van der Waals surface area contributed by atoms with Crippen molar-refractivity contribution < 1.29 is 18.0 Å². The Balaban J connectivity index is 2.18. The molecule has 0 fully saturated rings. The zero-order valence-corrected chi connectivity index (χ0v) is 11.7. The predicted molar refractivity (Wildman–Crippen MR) is 72.8 cm³/mol. The van der Waals surface area contributed by atoms with Gasteiger partial charge in [0.25, 0.3) is 0 Å². The van der Waals surface area contributed by atoms with Gasteiger partial charge in [0, 0.05) is 29.6 Å². The van der Waals surface area contributed by atoms with Gasteiger partial charge in [0.15, 0.2) is 0 Å². The number of ketones is 1. The number of halogens is 3. The highest BCUT2D eigenvalue weighted by molar-refractivity contribution is 6.04. The Morgan fingerprint density at radius 1 is 1.36 bits per heavy atom. The van der Waals surface area contributed by atoms with Gasteiger partial charge < -0.3 is 4.57 Å². The lowest BCUT2D eigenvalue weighted by atomic mass is 9.91. The summed E-state index contributed by atoms with van der Waals surface area (Å²) >= 11 is 0. The average molecular weight is 304 g/mol. The lowest BCUT2D eigenvalue weighted by Gasteiger charge is -2.22. The summed E-state index contributed by atoms with van der Waals surface area (Å²) in [5.74, 6) is -5.16. The first kappa shape index (κ1) is 14.4. The molecule has 0 atom stereocenters. The van der Waals surface area contributed by atoms with E-state index in [0.717, 1.165) is 6.07 Å². The van der Waals surface area contributed by atoms with Crippen LogP contribution in [0.15, 0.2) is 24.4 Å². The van der Waals surface area contributed by atoms with Crippen LogP contribution in [0.2, 0.25) is 0 Å². The van der Waals surface area contributed by atoms with Crippen molar-refractivity contribution in [1.82, 2.24) is 4.57 Å². The smallest absolute Gasteiger partial charge is 0.310 e. The normalized spacial score (nSPS) is 16.2. The van der Waals surface area contributed by atoms with E-state index in [1.165, 1.54) is 12.1 Å². The molecule has 1 aromatic carbocycles. The molecule has 3 nitrogen and oxygen atoms in total. The Hall–Kier alpha value is -2.55. The minimum Gasteiger partial charge on any atom is -0.320 e. The molecule has 112 valence electrons. The fourth-order valence-electron chi connectivity index (χ4n) is 2.79. The molecule has 0 saturated heterocycles. The van der Waals surface area contributed by atoms with Crippen molar-refractivity contribution in [2.75, 3.05) is 0 Å². The molecule has 0 unspecified atom stereocenters. The SMILES string of the molecule is Cc1cn(-c2ccc(F)c(C#N)c2)c2c1C(=O)C(F)(F)CC2. The van der Waals surface area contributed by atoms with E-state index in [9.17, 15) is 18.0 Å². The van der Waals surface area contributed by atoms with Crippen molar-refractivity contribution in [2.24, 2.45) is 0 Å². The van der Waals surface area contributed by atoms with Crippen LogP contribution in [0.4, 0.5) is 13.2 Å². The molecule has 0 radical (unpaired) electrons. The Bertz CT molecular complexity index is 831. The summed E-state index contributed by atoms with van der Waals surface area (Å²) in [6.07, 6.45) is 1.06. The van der Waals surface area contributed by atoms with Crippen LogP contribution in [-0.2, 0) is 6.42 Å². The maximum atomic E-state index is 13.6. The third kappa shape index (κ3) is 2.01. The van der Waals surface area contributed by atoms with Gasteiger partial charge in [-0.1, -0.05) is 0 Å². The number of nitriles is 1. The van der Waals surface area contributed by atoms with Crippen LogP contribution in [0.5, 0.6) is 0 Å². The first-order valence-electron chi connectivity index (χ1n) is 6.68. The van der Waals surface area contributed by atoms with Crippen LogP contribution in [0.25, 0.3) is 5.69 Å². The quantitative estimate of drug-likeness (QED) is 0.808. The summed E-state index contributed by atoms with van der Waals surface area (Å²) in [5, 5.41) is 8.89. The molecule has 0 amide bonds. The third-order valence-corrected chi connectivity index (χ3v) is 3.88. The van der Waals surface area contributed by atoms with E-state index in [1.807, 2.05) is 0 Å². The second-order valence-corrected chi connectivity index (χ2v) is 5.31. The maximum absolute atomic E-state index is 13.6. The van der Waals surface area contributed by atoms with E-state index < -0.39 is 23.9 Å². The van der Waals surface area contributed by atoms with Gasteiger partial charge in [0.1, 0.15) is 11.9 Å². The number of carbonyl (C=O) groups excluding carboxylic acids is 1. The molecule has 0 saturated carbocycles. The van der Waals surface area contributed by atoms with Crippen LogP contribution in [-0.4, -0.2) is 16.3 Å². The molecule has 22 heavy (non-hydrogen) atoms. The lowest BCUT2D eigenvalue weighted by Crippen LogP contribution is -2.34. The van der Waals surface area contributed by atoms with Gasteiger partial charge in [0.2, 0.25) is 5.78 Å².